The maximum absolute atomic E-state index is 8.88. The molecule has 15 heavy (non-hydrogen) atoms. The topological polar surface area (TPSA) is 50.9 Å². The van der Waals surface area contributed by atoms with Crippen molar-refractivity contribution in [3.63, 3.8) is 0 Å². The average Bonchev–Trinajstić information content (AvgIpc) is 2.68. The molecule has 0 aliphatic heterocycles. The van der Waals surface area contributed by atoms with E-state index in [0.29, 0.717) is 6.42 Å². The zero-order valence-corrected chi connectivity index (χ0v) is 8.59. The summed E-state index contributed by atoms with van der Waals surface area (Å²) in [6.07, 6.45) is 2.25. The third kappa shape index (κ3) is 2.05. The van der Waals surface area contributed by atoms with Gasteiger partial charge in [0.1, 0.15) is 0 Å². The number of hydrogen-bond donors (Lipinski definition) is 1. The molecule has 0 radical (unpaired) electrons. The van der Waals surface area contributed by atoms with Crippen molar-refractivity contribution >= 4 is 0 Å². The van der Waals surface area contributed by atoms with Crippen molar-refractivity contribution in [2.75, 3.05) is 6.61 Å². The predicted molar refractivity (Wildman–Crippen MR) is 56.9 cm³/mol. The predicted octanol–water partition coefficient (Wildman–Crippen LogP) is 1.11. The van der Waals surface area contributed by atoms with Gasteiger partial charge in [-0.3, -0.25) is 0 Å². The first-order valence-corrected chi connectivity index (χ1v) is 4.89. The first kappa shape index (κ1) is 9.86. The average molecular weight is 203 g/mol. The number of rotatable bonds is 3. The lowest BCUT2D eigenvalue weighted by Gasteiger charge is -2.04. The van der Waals surface area contributed by atoms with E-state index in [-0.39, 0.29) is 6.61 Å². The Hall–Kier alpha value is -1.68. The fourth-order valence-electron chi connectivity index (χ4n) is 1.44. The number of aryl methyl sites for hydroxylation is 1. The second-order valence-electron chi connectivity index (χ2n) is 3.45. The van der Waals surface area contributed by atoms with E-state index >= 15 is 0 Å². The molecule has 0 aliphatic carbocycles. The number of aliphatic hydroxyl groups is 1. The summed E-state index contributed by atoms with van der Waals surface area (Å²) in [6.45, 7) is 2.15. The van der Waals surface area contributed by atoms with E-state index in [0.717, 1.165) is 11.4 Å². The third-order valence-corrected chi connectivity index (χ3v) is 2.27. The molecule has 4 heteroatoms. The fourth-order valence-corrected chi connectivity index (χ4v) is 1.44. The molecule has 4 nitrogen and oxygen atoms in total. The summed E-state index contributed by atoms with van der Waals surface area (Å²) in [5, 5.41) is 16.7. The van der Waals surface area contributed by atoms with Crippen LogP contribution in [0.4, 0.5) is 0 Å². The maximum Gasteiger partial charge on any atom is 0.0730 e. The second-order valence-corrected chi connectivity index (χ2v) is 3.45. The highest BCUT2D eigenvalue weighted by Gasteiger charge is 2.04. The number of benzene rings is 1. The zero-order chi connectivity index (χ0) is 10.7. The van der Waals surface area contributed by atoms with Gasteiger partial charge >= 0.3 is 0 Å². The van der Waals surface area contributed by atoms with E-state index in [1.165, 1.54) is 5.56 Å². The van der Waals surface area contributed by atoms with E-state index in [4.69, 9.17) is 5.11 Å². The molecule has 2 aromatic rings. The molecule has 0 saturated carbocycles. The Morgan fingerprint density at radius 2 is 2.00 bits per heavy atom. The summed E-state index contributed by atoms with van der Waals surface area (Å²) < 4.78 is 1.75. The standard InChI is InChI=1S/C11H13N3O/c1-9-2-4-10(5-3-9)14-11(6-7-15)8-12-13-14/h2-5,8,15H,6-7H2,1H3. The van der Waals surface area contributed by atoms with Crippen LogP contribution < -0.4 is 0 Å². The van der Waals surface area contributed by atoms with E-state index in [1.807, 2.05) is 31.2 Å². The molecule has 0 saturated heterocycles. The third-order valence-electron chi connectivity index (χ3n) is 2.27. The summed E-state index contributed by atoms with van der Waals surface area (Å²) in [4.78, 5) is 0. The van der Waals surface area contributed by atoms with Gasteiger partial charge in [-0.05, 0) is 19.1 Å². The van der Waals surface area contributed by atoms with Gasteiger partial charge < -0.3 is 5.11 Å². The van der Waals surface area contributed by atoms with Gasteiger partial charge in [0.05, 0.1) is 17.6 Å². The van der Waals surface area contributed by atoms with Crippen molar-refractivity contribution < 1.29 is 5.11 Å². The molecule has 0 bridgehead atoms. The second kappa shape index (κ2) is 4.23. The lowest BCUT2D eigenvalue weighted by Crippen LogP contribution is -2.04. The Kier molecular flexibility index (Phi) is 2.78. The van der Waals surface area contributed by atoms with Gasteiger partial charge in [-0.25, -0.2) is 4.68 Å². The highest BCUT2D eigenvalue weighted by atomic mass is 16.3. The van der Waals surface area contributed by atoms with Crippen LogP contribution in [0, 0.1) is 6.92 Å². The van der Waals surface area contributed by atoms with E-state index in [9.17, 15) is 0 Å². The lowest BCUT2D eigenvalue weighted by molar-refractivity contribution is 0.297. The first-order valence-electron chi connectivity index (χ1n) is 4.89. The van der Waals surface area contributed by atoms with E-state index < -0.39 is 0 Å². The minimum absolute atomic E-state index is 0.110. The van der Waals surface area contributed by atoms with Crippen LogP contribution in [0.25, 0.3) is 5.69 Å². The SMILES string of the molecule is Cc1ccc(-n2nncc2CCO)cc1. The largest absolute Gasteiger partial charge is 0.396 e. The number of aliphatic hydroxyl groups excluding tert-OH is 1. The normalized spacial score (nSPS) is 10.5. The summed E-state index contributed by atoms with van der Waals surface area (Å²) in [7, 11) is 0. The van der Waals surface area contributed by atoms with Crippen molar-refractivity contribution in [2.24, 2.45) is 0 Å². The van der Waals surface area contributed by atoms with Crippen LogP contribution in [-0.4, -0.2) is 26.7 Å². The number of hydrogen-bond acceptors (Lipinski definition) is 3. The van der Waals surface area contributed by atoms with Gasteiger partial charge in [0.15, 0.2) is 0 Å². The Morgan fingerprint density at radius 1 is 1.27 bits per heavy atom. The van der Waals surface area contributed by atoms with E-state index in [1.54, 1.807) is 10.9 Å². The highest BCUT2D eigenvalue weighted by molar-refractivity contribution is 5.34. The molecule has 1 N–H and O–H groups in total. The molecule has 1 aromatic heterocycles. The van der Waals surface area contributed by atoms with E-state index in [2.05, 4.69) is 10.3 Å². The number of aromatic nitrogens is 3. The van der Waals surface area contributed by atoms with Gasteiger partial charge in [-0.1, -0.05) is 22.9 Å². The van der Waals surface area contributed by atoms with Crippen LogP contribution in [0.1, 0.15) is 11.3 Å². The molecule has 0 aliphatic rings. The van der Waals surface area contributed by atoms with Gasteiger partial charge in [-0.2, -0.15) is 0 Å². The Morgan fingerprint density at radius 3 is 2.67 bits per heavy atom. The quantitative estimate of drug-likeness (QED) is 0.813. The summed E-state index contributed by atoms with van der Waals surface area (Å²) in [5.74, 6) is 0. The Balaban J connectivity index is 2.36. The smallest absolute Gasteiger partial charge is 0.0730 e. The maximum atomic E-state index is 8.88. The highest BCUT2D eigenvalue weighted by Crippen LogP contribution is 2.10. The molecule has 0 spiro atoms. The molecule has 0 fully saturated rings. The Labute approximate surface area is 88.2 Å². The monoisotopic (exact) mass is 203 g/mol. The molecule has 78 valence electrons. The summed E-state index contributed by atoms with van der Waals surface area (Å²) in [5.41, 5.74) is 3.10. The Bertz CT molecular complexity index is 433. The van der Waals surface area contributed by atoms with Crippen molar-refractivity contribution in [2.45, 2.75) is 13.3 Å². The minimum atomic E-state index is 0.110. The van der Waals surface area contributed by atoms with Gasteiger partial charge in [-0.15, -0.1) is 5.10 Å². The zero-order valence-electron chi connectivity index (χ0n) is 8.59. The molecule has 1 heterocycles. The van der Waals surface area contributed by atoms with Gasteiger partial charge in [0.2, 0.25) is 0 Å². The van der Waals surface area contributed by atoms with Gasteiger partial charge in [0.25, 0.3) is 0 Å². The summed E-state index contributed by atoms with van der Waals surface area (Å²) >= 11 is 0. The van der Waals surface area contributed by atoms with Crippen molar-refractivity contribution in [3.8, 4) is 5.69 Å². The molecule has 0 amide bonds. The van der Waals surface area contributed by atoms with Gasteiger partial charge in [0, 0.05) is 13.0 Å². The molecular weight excluding hydrogens is 190 g/mol. The van der Waals surface area contributed by atoms with Crippen molar-refractivity contribution in [1.82, 2.24) is 15.0 Å². The molecule has 0 atom stereocenters. The minimum Gasteiger partial charge on any atom is -0.396 e. The van der Waals surface area contributed by atoms with Crippen LogP contribution in [0.2, 0.25) is 0 Å². The molecular formula is C11H13N3O. The molecule has 1 aromatic carbocycles. The van der Waals surface area contributed by atoms with Crippen molar-refractivity contribution in [1.29, 1.82) is 0 Å². The van der Waals surface area contributed by atoms with Crippen LogP contribution in [0.3, 0.4) is 0 Å². The lowest BCUT2D eigenvalue weighted by atomic mass is 10.2. The van der Waals surface area contributed by atoms with Crippen molar-refractivity contribution in [3.05, 3.63) is 41.7 Å². The molecule has 2 rings (SSSR count). The fraction of sp³-hybridized carbons (Fsp3) is 0.273. The summed E-state index contributed by atoms with van der Waals surface area (Å²) in [6, 6.07) is 8.04. The van der Waals surface area contributed by atoms with Crippen LogP contribution in [-0.2, 0) is 6.42 Å². The van der Waals surface area contributed by atoms with Crippen LogP contribution in [0.15, 0.2) is 30.5 Å². The first-order chi connectivity index (χ1) is 7.31. The number of nitrogens with zero attached hydrogens (tertiary/aromatic N) is 3. The van der Waals surface area contributed by atoms with Crippen LogP contribution in [0.5, 0.6) is 0 Å². The van der Waals surface area contributed by atoms with Crippen LogP contribution >= 0.6 is 0 Å². The molecule has 0 unspecified atom stereocenters.